The summed E-state index contributed by atoms with van der Waals surface area (Å²) in [4.78, 5) is 12.8. The second kappa shape index (κ2) is 6.88. The molecule has 1 aromatic heterocycles. The Bertz CT molecular complexity index is 716. The Labute approximate surface area is 125 Å². The fraction of sp³-hybridized carbons (Fsp3) is 0.133. The number of benzene rings is 1. The minimum Gasteiger partial charge on any atom is -0.507 e. The van der Waals surface area contributed by atoms with Crippen molar-refractivity contribution < 1.29 is 14.3 Å². The molecule has 0 aliphatic carbocycles. The van der Waals surface area contributed by atoms with E-state index >= 15 is 0 Å². The summed E-state index contributed by atoms with van der Waals surface area (Å²) in [5, 5.41) is 14.0. The monoisotopic (exact) mass is 304 g/mol. The van der Waals surface area contributed by atoms with E-state index in [1.807, 2.05) is 11.4 Å². The van der Waals surface area contributed by atoms with Crippen LogP contribution in [0.15, 0.2) is 29.6 Å². The number of hydrogen-bond donors (Lipinski definition) is 3. The quantitative estimate of drug-likeness (QED) is 0.757. The van der Waals surface area contributed by atoms with E-state index in [1.54, 1.807) is 0 Å². The number of nitrogens with one attached hydrogen (secondary N) is 1. The molecule has 0 saturated heterocycles. The molecule has 2 rings (SSSR count). The SMILES string of the molecule is NCC#Cc1csc(CNC(=O)c2cc(F)ccc2O)c1. The van der Waals surface area contributed by atoms with Crippen LogP contribution in [-0.4, -0.2) is 17.6 Å². The number of nitrogens with two attached hydrogens (primary N) is 1. The van der Waals surface area contributed by atoms with E-state index < -0.39 is 11.7 Å². The van der Waals surface area contributed by atoms with Crippen molar-refractivity contribution in [1.82, 2.24) is 5.32 Å². The zero-order chi connectivity index (χ0) is 15.2. The number of phenolic OH excluding ortho intramolecular Hbond substituents is 1. The first-order valence-electron chi connectivity index (χ1n) is 6.13. The van der Waals surface area contributed by atoms with Crippen LogP contribution in [0.3, 0.4) is 0 Å². The van der Waals surface area contributed by atoms with Crippen LogP contribution >= 0.6 is 11.3 Å². The van der Waals surface area contributed by atoms with E-state index in [1.165, 1.54) is 11.3 Å². The van der Waals surface area contributed by atoms with Gasteiger partial charge in [-0.2, -0.15) is 0 Å². The third-order valence-corrected chi connectivity index (χ3v) is 3.55. The zero-order valence-corrected chi connectivity index (χ0v) is 11.8. The van der Waals surface area contributed by atoms with Crippen LogP contribution in [0.2, 0.25) is 0 Å². The van der Waals surface area contributed by atoms with E-state index in [2.05, 4.69) is 17.2 Å². The van der Waals surface area contributed by atoms with Gasteiger partial charge >= 0.3 is 0 Å². The number of amides is 1. The Morgan fingerprint density at radius 1 is 1.43 bits per heavy atom. The van der Waals surface area contributed by atoms with E-state index in [0.29, 0.717) is 6.54 Å². The van der Waals surface area contributed by atoms with Crippen LogP contribution in [0.5, 0.6) is 5.75 Å². The van der Waals surface area contributed by atoms with Crippen molar-refractivity contribution in [3.05, 3.63) is 51.5 Å². The van der Waals surface area contributed by atoms with Crippen molar-refractivity contribution in [3.63, 3.8) is 0 Å². The Kier molecular flexibility index (Phi) is 4.93. The van der Waals surface area contributed by atoms with Crippen LogP contribution in [-0.2, 0) is 6.54 Å². The standard InChI is InChI=1S/C15H13FN2O2S/c16-11-3-4-14(19)13(7-11)15(20)18-8-12-6-10(9-21-12)2-1-5-17/h3-4,6-7,9,19H,5,8,17H2,(H,18,20). The molecule has 1 heterocycles. The van der Waals surface area contributed by atoms with Crippen molar-refractivity contribution in [2.24, 2.45) is 5.73 Å². The molecule has 1 amide bonds. The second-order valence-corrected chi connectivity index (χ2v) is 5.15. The highest BCUT2D eigenvalue weighted by atomic mass is 32.1. The van der Waals surface area contributed by atoms with Crippen molar-refractivity contribution >= 4 is 17.2 Å². The lowest BCUT2D eigenvalue weighted by Crippen LogP contribution is -2.22. The van der Waals surface area contributed by atoms with Gasteiger partial charge in [0.25, 0.3) is 5.91 Å². The number of aromatic hydroxyl groups is 1. The molecule has 0 radical (unpaired) electrons. The van der Waals surface area contributed by atoms with Crippen LogP contribution < -0.4 is 11.1 Å². The first-order valence-corrected chi connectivity index (χ1v) is 7.01. The molecule has 4 nitrogen and oxygen atoms in total. The van der Waals surface area contributed by atoms with Gasteiger partial charge in [-0.25, -0.2) is 4.39 Å². The molecule has 0 fully saturated rings. The summed E-state index contributed by atoms with van der Waals surface area (Å²) in [5.41, 5.74) is 6.04. The van der Waals surface area contributed by atoms with Crippen LogP contribution in [0.25, 0.3) is 0 Å². The average molecular weight is 304 g/mol. The van der Waals surface area contributed by atoms with Crippen molar-refractivity contribution in [3.8, 4) is 17.6 Å². The van der Waals surface area contributed by atoms with Gasteiger partial charge in [-0.05, 0) is 24.3 Å². The van der Waals surface area contributed by atoms with Gasteiger partial charge in [0.2, 0.25) is 0 Å². The third-order valence-electron chi connectivity index (χ3n) is 2.61. The molecular weight excluding hydrogens is 291 g/mol. The Hall–Kier alpha value is -2.36. The highest BCUT2D eigenvalue weighted by Crippen LogP contribution is 2.18. The highest BCUT2D eigenvalue weighted by Gasteiger charge is 2.12. The molecule has 0 unspecified atom stereocenters. The lowest BCUT2D eigenvalue weighted by Gasteiger charge is -2.05. The molecule has 21 heavy (non-hydrogen) atoms. The van der Waals surface area contributed by atoms with Gasteiger partial charge in [-0.3, -0.25) is 4.79 Å². The van der Waals surface area contributed by atoms with E-state index in [-0.39, 0.29) is 17.9 Å². The molecule has 0 bridgehead atoms. The molecule has 0 aliphatic rings. The van der Waals surface area contributed by atoms with Gasteiger partial charge in [0, 0.05) is 15.8 Å². The number of hydrogen-bond acceptors (Lipinski definition) is 4. The number of rotatable bonds is 3. The largest absolute Gasteiger partial charge is 0.507 e. The lowest BCUT2D eigenvalue weighted by molar-refractivity contribution is 0.0948. The van der Waals surface area contributed by atoms with Gasteiger partial charge in [0.1, 0.15) is 11.6 Å². The molecule has 0 aliphatic heterocycles. The smallest absolute Gasteiger partial charge is 0.255 e. The van der Waals surface area contributed by atoms with Gasteiger partial charge in [0.15, 0.2) is 0 Å². The second-order valence-electron chi connectivity index (χ2n) is 4.15. The van der Waals surface area contributed by atoms with Gasteiger partial charge in [-0.15, -0.1) is 11.3 Å². The summed E-state index contributed by atoms with van der Waals surface area (Å²) in [6.45, 7) is 0.574. The minimum atomic E-state index is -0.576. The maximum Gasteiger partial charge on any atom is 0.255 e. The van der Waals surface area contributed by atoms with Gasteiger partial charge < -0.3 is 16.2 Å². The Morgan fingerprint density at radius 2 is 2.24 bits per heavy atom. The summed E-state index contributed by atoms with van der Waals surface area (Å²) < 4.78 is 13.1. The topological polar surface area (TPSA) is 75.3 Å². The lowest BCUT2D eigenvalue weighted by atomic mass is 10.2. The average Bonchev–Trinajstić information content (AvgIpc) is 2.93. The van der Waals surface area contributed by atoms with E-state index in [4.69, 9.17) is 5.73 Å². The molecule has 4 N–H and O–H groups in total. The summed E-state index contributed by atoms with van der Waals surface area (Å²) in [5.74, 6) is 4.28. The number of phenols is 1. The normalized spacial score (nSPS) is 9.81. The maximum atomic E-state index is 13.1. The highest BCUT2D eigenvalue weighted by molar-refractivity contribution is 7.10. The predicted molar refractivity (Wildman–Crippen MR) is 79.5 cm³/mol. The maximum absolute atomic E-state index is 13.1. The zero-order valence-electron chi connectivity index (χ0n) is 11.0. The third kappa shape index (κ3) is 4.05. The number of halogens is 1. The molecule has 2 aromatic rings. The Morgan fingerprint density at radius 3 is 3.00 bits per heavy atom. The van der Waals surface area contributed by atoms with Gasteiger partial charge in [0.05, 0.1) is 18.7 Å². The van der Waals surface area contributed by atoms with Crippen molar-refractivity contribution in [2.45, 2.75) is 6.54 Å². The number of thiophene rings is 1. The van der Waals surface area contributed by atoms with E-state index in [9.17, 15) is 14.3 Å². The first kappa shape index (κ1) is 15.0. The number of carbonyl (C=O) groups is 1. The van der Waals surface area contributed by atoms with Crippen LogP contribution in [0.4, 0.5) is 4.39 Å². The summed E-state index contributed by atoms with van der Waals surface area (Å²) in [7, 11) is 0. The molecule has 0 spiro atoms. The summed E-state index contributed by atoms with van der Waals surface area (Å²) in [6.07, 6.45) is 0. The van der Waals surface area contributed by atoms with Crippen molar-refractivity contribution in [1.29, 1.82) is 0 Å². The fourth-order valence-corrected chi connectivity index (χ4v) is 2.40. The summed E-state index contributed by atoms with van der Waals surface area (Å²) >= 11 is 1.45. The van der Waals surface area contributed by atoms with Crippen LogP contribution in [0.1, 0.15) is 20.8 Å². The van der Waals surface area contributed by atoms with E-state index in [0.717, 1.165) is 28.6 Å². The Balaban J connectivity index is 2.01. The fourth-order valence-electron chi connectivity index (χ4n) is 1.64. The number of carbonyl (C=O) groups excluding carboxylic acids is 1. The first-order chi connectivity index (χ1) is 10.1. The molecule has 0 atom stereocenters. The molecule has 108 valence electrons. The molecule has 6 heteroatoms. The minimum absolute atomic E-state index is 0.0882. The summed E-state index contributed by atoms with van der Waals surface area (Å²) in [6, 6.07) is 5.08. The van der Waals surface area contributed by atoms with Gasteiger partial charge in [-0.1, -0.05) is 11.8 Å². The molecular formula is C15H13FN2O2S. The molecule has 0 saturated carbocycles. The van der Waals surface area contributed by atoms with Crippen LogP contribution in [0, 0.1) is 17.7 Å². The predicted octanol–water partition coefficient (Wildman–Crippen LogP) is 1.83. The van der Waals surface area contributed by atoms with Crippen molar-refractivity contribution in [2.75, 3.05) is 6.54 Å². The molecule has 1 aromatic carbocycles.